The molecule has 5 atom stereocenters. The van der Waals surface area contributed by atoms with E-state index in [1.807, 2.05) is 70.0 Å². The minimum absolute atomic E-state index is 0.0871. The van der Waals surface area contributed by atoms with E-state index in [2.05, 4.69) is 10.2 Å². The number of carbonyl (C=O) groups excluding carboxylic acids is 2. The Morgan fingerprint density at radius 2 is 1.63 bits per heavy atom. The average molecular weight is 682 g/mol. The molecular weight excluding hydrogens is 626 g/mol. The molecule has 4 rings (SSSR count). The molecule has 11 heteroatoms. The summed E-state index contributed by atoms with van der Waals surface area (Å²) in [4.78, 5) is 30.6. The van der Waals surface area contributed by atoms with Crippen LogP contribution in [-0.2, 0) is 27.2 Å². The number of phenolic OH excluding ortho intramolecular Hbond substituents is 1. The maximum absolute atomic E-state index is 13.4. The molecule has 2 amide bonds. The first-order valence-corrected chi connectivity index (χ1v) is 17.2. The highest BCUT2D eigenvalue weighted by Gasteiger charge is 2.45. The van der Waals surface area contributed by atoms with E-state index in [4.69, 9.17) is 4.74 Å². The van der Waals surface area contributed by atoms with Crippen molar-refractivity contribution in [3.05, 3.63) is 69.8 Å². The van der Waals surface area contributed by atoms with Gasteiger partial charge in [0.05, 0.1) is 12.0 Å². The predicted molar refractivity (Wildman–Crippen MR) is 188 cm³/mol. The van der Waals surface area contributed by atoms with Crippen LogP contribution in [0, 0.1) is 12.3 Å². The first-order valence-electron chi connectivity index (χ1n) is 17.2. The van der Waals surface area contributed by atoms with Crippen molar-refractivity contribution in [2.24, 2.45) is 5.41 Å². The van der Waals surface area contributed by atoms with Gasteiger partial charge in [-0.15, -0.1) is 0 Å². The summed E-state index contributed by atoms with van der Waals surface area (Å²) in [7, 11) is 2.03. The second-order valence-corrected chi connectivity index (χ2v) is 14.8. The van der Waals surface area contributed by atoms with Crippen LogP contribution in [-0.4, -0.2) is 117 Å². The van der Waals surface area contributed by atoms with Gasteiger partial charge in [-0.2, -0.15) is 0 Å². The van der Waals surface area contributed by atoms with Crippen LogP contribution in [0.15, 0.2) is 36.4 Å². The van der Waals surface area contributed by atoms with Gasteiger partial charge in [0.15, 0.2) is 0 Å². The van der Waals surface area contributed by atoms with Crippen molar-refractivity contribution >= 4 is 17.9 Å². The summed E-state index contributed by atoms with van der Waals surface area (Å²) in [6.07, 6.45) is -0.932. The fraction of sp³-hybridized carbons (Fsp3) is 0.579. The van der Waals surface area contributed by atoms with Gasteiger partial charge in [-0.05, 0) is 94.5 Å². The van der Waals surface area contributed by atoms with Crippen molar-refractivity contribution in [3.63, 3.8) is 0 Å². The molecule has 0 unspecified atom stereocenters. The number of benzene rings is 2. The summed E-state index contributed by atoms with van der Waals surface area (Å²) < 4.78 is 5.76. The molecule has 0 bridgehead atoms. The topological polar surface area (TPSA) is 163 Å². The number of phenols is 1. The van der Waals surface area contributed by atoms with Crippen LogP contribution in [0.25, 0.3) is 6.08 Å². The second kappa shape index (κ2) is 15.7. The molecule has 0 spiro atoms. The van der Waals surface area contributed by atoms with Crippen LogP contribution in [0.5, 0.6) is 5.75 Å². The van der Waals surface area contributed by atoms with Crippen LogP contribution in [0.4, 0.5) is 0 Å². The normalized spacial score (nSPS) is 24.0. The fourth-order valence-corrected chi connectivity index (χ4v) is 6.46. The van der Waals surface area contributed by atoms with E-state index in [0.717, 1.165) is 47.3 Å². The molecule has 0 aromatic heterocycles. The van der Waals surface area contributed by atoms with Crippen LogP contribution in [0.2, 0.25) is 0 Å². The van der Waals surface area contributed by atoms with E-state index in [0.29, 0.717) is 25.9 Å². The monoisotopic (exact) mass is 681 g/mol. The van der Waals surface area contributed by atoms with Crippen LogP contribution in [0.1, 0.15) is 80.5 Å². The summed E-state index contributed by atoms with van der Waals surface area (Å²) in [6, 6.07) is 9.48. The summed E-state index contributed by atoms with van der Waals surface area (Å²) >= 11 is 0. The molecule has 6 N–H and O–H groups in total. The number of rotatable bonds is 11. The number of nitrogens with zero attached hydrogens (tertiary/aromatic N) is 2. The van der Waals surface area contributed by atoms with Crippen LogP contribution < -0.4 is 5.32 Å². The maximum atomic E-state index is 13.4. The van der Waals surface area contributed by atoms with Crippen LogP contribution >= 0.6 is 0 Å². The molecule has 270 valence electrons. The van der Waals surface area contributed by atoms with Gasteiger partial charge in [-0.25, -0.2) is 0 Å². The number of hydrogen-bond donors (Lipinski definition) is 6. The highest BCUT2D eigenvalue weighted by Crippen LogP contribution is 2.39. The first-order chi connectivity index (χ1) is 23.0. The zero-order valence-electron chi connectivity index (χ0n) is 29.9. The highest BCUT2D eigenvalue weighted by molar-refractivity contribution is 5.93. The van der Waals surface area contributed by atoms with Gasteiger partial charge >= 0.3 is 0 Å². The first kappa shape index (κ1) is 38.5. The Bertz CT molecular complexity index is 1510. The Morgan fingerprint density at radius 1 is 0.959 bits per heavy atom. The quantitative estimate of drug-likeness (QED) is 0.209. The molecule has 2 saturated heterocycles. The van der Waals surface area contributed by atoms with Gasteiger partial charge in [0.1, 0.15) is 41.8 Å². The highest BCUT2D eigenvalue weighted by atomic mass is 16.5. The Morgan fingerprint density at radius 3 is 2.24 bits per heavy atom. The molecule has 2 heterocycles. The summed E-state index contributed by atoms with van der Waals surface area (Å²) in [5, 5.41) is 54.9. The third kappa shape index (κ3) is 8.89. The Kier molecular flexibility index (Phi) is 12.3. The van der Waals surface area contributed by atoms with Gasteiger partial charge in [0.2, 0.25) is 11.8 Å². The van der Waals surface area contributed by atoms with E-state index < -0.39 is 48.1 Å². The zero-order chi connectivity index (χ0) is 36.3. The van der Waals surface area contributed by atoms with Crippen LogP contribution in [0.3, 0.4) is 0 Å². The lowest BCUT2D eigenvalue weighted by molar-refractivity contribution is -0.232. The maximum Gasteiger partial charge on any atom is 0.247 e. The van der Waals surface area contributed by atoms with E-state index in [9.17, 15) is 35.1 Å². The molecule has 11 nitrogen and oxygen atoms in total. The third-order valence-corrected chi connectivity index (χ3v) is 9.84. The third-order valence-electron chi connectivity index (χ3n) is 9.84. The zero-order valence-corrected chi connectivity index (χ0v) is 29.9. The average Bonchev–Trinajstić information content (AvgIpc) is 3.05. The molecule has 0 radical (unpaired) electrons. The largest absolute Gasteiger partial charge is 0.508 e. The lowest BCUT2D eigenvalue weighted by atomic mass is 9.86. The number of aromatic hydroxyl groups is 1. The lowest BCUT2D eigenvalue weighted by Gasteiger charge is -2.40. The van der Waals surface area contributed by atoms with Crippen molar-refractivity contribution in [2.75, 3.05) is 39.8 Å². The number of ether oxygens (including phenoxy) is 1. The molecule has 49 heavy (non-hydrogen) atoms. The number of nitrogens with one attached hydrogen (secondary N) is 1. The molecular formula is C38H55N3O8. The number of aliphatic hydroxyl groups excluding tert-OH is 4. The summed E-state index contributed by atoms with van der Waals surface area (Å²) in [6.45, 7) is 13.5. The molecule has 2 aliphatic rings. The lowest BCUT2D eigenvalue weighted by Crippen LogP contribution is -2.60. The minimum atomic E-state index is -1.55. The summed E-state index contributed by atoms with van der Waals surface area (Å²) in [5.41, 5.74) is 3.20. The number of piperazine rings is 1. The molecule has 2 aliphatic heterocycles. The number of aryl methyl sites for hydroxylation is 2. The van der Waals surface area contributed by atoms with Gasteiger partial charge in [-0.1, -0.05) is 43.7 Å². The standard InChI is InChI=1S/C38H55N3O8/c1-8-9-26-21-29(43)28(34-33(46)32(45)31(44)30(22-42)49-34)20-27(26)19-25-11-10-24(18-23(25)2)12-13-37(3,4)35(47)39-38(5,6)36(48)41-16-14-40(7)15-17-41/h10-13,18,20-21,30-34,42-46H,8-9,14-17,19,22H2,1-7H3,(H,39,47)/b13-12+/t30-,31-,32+,33-,34+/m1/s1. The van der Waals surface area contributed by atoms with Crippen molar-refractivity contribution in [3.8, 4) is 5.75 Å². The molecule has 0 saturated carbocycles. The number of likely N-dealkylation sites (N-methyl/N-ethyl adjacent to an activating group) is 1. The number of carbonyl (C=O) groups is 2. The molecule has 2 aromatic rings. The van der Waals surface area contributed by atoms with E-state index >= 15 is 0 Å². The van der Waals surface area contributed by atoms with Crippen molar-refractivity contribution in [2.45, 2.75) is 96.9 Å². The predicted octanol–water partition coefficient (Wildman–Crippen LogP) is 2.47. The number of amides is 2. The van der Waals surface area contributed by atoms with Crippen molar-refractivity contribution in [1.29, 1.82) is 0 Å². The van der Waals surface area contributed by atoms with E-state index in [1.54, 1.807) is 26.0 Å². The second-order valence-electron chi connectivity index (χ2n) is 14.8. The molecule has 2 fully saturated rings. The van der Waals surface area contributed by atoms with E-state index in [1.165, 1.54) is 0 Å². The summed E-state index contributed by atoms with van der Waals surface area (Å²) in [5.74, 6) is -0.418. The smallest absolute Gasteiger partial charge is 0.247 e. The Hall–Kier alpha value is -3.32. The van der Waals surface area contributed by atoms with Gasteiger partial charge in [-0.3, -0.25) is 9.59 Å². The molecule has 2 aromatic carbocycles. The number of hydrogen-bond acceptors (Lipinski definition) is 9. The Balaban J connectivity index is 1.50. The fourth-order valence-electron chi connectivity index (χ4n) is 6.46. The van der Waals surface area contributed by atoms with Crippen molar-refractivity contribution < 1.29 is 39.9 Å². The Labute approximate surface area is 290 Å². The van der Waals surface area contributed by atoms with Gasteiger partial charge < -0.3 is 45.4 Å². The minimum Gasteiger partial charge on any atom is -0.508 e. The molecule has 0 aliphatic carbocycles. The van der Waals surface area contributed by atoms with Gasteiger partial charge in [0, 0.05) is 31.7 Å². The van der Waals surface area contributed by atoms with E-state index in [-0.39, 0.29) is 23.1 Å². The number of aliphatic hydroxyl groups is 4. The van der Waals surface area contributed by atoms with Gasteiger partial charge in [0.25, 0.3) is 0 Å². The van der Waals surface area contributed by atoms with Crippen molar-refractivity contribution in [1.82, 2.24) is 15.1 Å². The SMILES string of the molecule is CCCc1cc(O)c([C@@H]2O[C@H](CO)[C@@H](O)[C@H](O)[C@H]2O)cc1Cc1ccc(/C=C/C(C)(C)C(=O)NC(C)(C)C(=O)N2CCN(C)CC2)cc1C.